The number of aromatic nitrogens is 5. The predicted octanol–water partition coefficient (Wildman–Crippen LogP) is 3.58. The summed E-state index contributed by atoms with van der Waals surface area (Å²) in [6.07, 6.45) is 4.48. The topological polar surface area (TPSA) is 85.6 Å². The first-order valence-electron chi connectivity index (χ1n) is 9.18. The number of anilines is 1. The molecule has 7 nitrogen and oxygen atoms in total. The lowest BCUT2D eigenvalue weighted by molar-refractivity contribution is -0.113. The smallest absolute Gasteiger partial charge is 0.236 e. The van der Waals surface area contributed by atoms with Gasteiger partial charge < -0.3 is 9.88 Å². The molecule has 9 heteroatoms. The highest BCUT2D eigenvalue weighted by Gasteiger charge is 2.17. The lowest BCUT2D eigenvalue weighted by Gasteiger charge is -2.06. The molecule has 28 heavy (non-hydrogen) atoms. The van der Waals surface area contributed by atoms with Crippen molar-refractivity contribution in [2.75, 3.05) is 11.1 Å². The van der Waals surface area contributed by atoms with Crippen molar-refractivity contribution in [2.45, 2.75) is 30.8 Å². The van der Waals surface area contributed by atoms with Gasteiger partial charge in [-0.2, -0.15) is 0 Å². The highest BCUT2D eigenvalue weighted by molar-refractivity contribution is 7.99. The van der Waals surface area contributed by atoms with Gasteiger partial charge in [0.25, 0.3) is 0 Å². The number of aryl methyl sites for hydroxylation is 3. The van der Waals surface area contributed by atoms with Gasteiger partial charge in [-0.1, -0.05) is 30.0 Å². The molecule has 0 atom stereocenters. The monoisotopic (exact) mass is 410 g/mol. The van der Waals surface area contributed by atoms with Crippen LogP contribution in [0.25, 0.3) is 22.1 Å². The fourth-order valence-electron chi connectivity index (χ4n) is 3.54. The van der Waals surface area contributed by atoms with Gasteiger partial charge in [0.15, 0.2) is 10.8 Å². The third kappa shape index (κ3) is 3.14. The van der Waals surface area contributed by atoms with E-state index in [2.05, 4.69) is 25.5 Å². The lowest BCUT2D eigenvalue weighted by atomic mass is 10.0. The molecular formula is C19H18N6OS2. The molecule has 3 heterocycles. The maximum absolute atomic E-state index is 12.3. The van der Waals surface area contributed by atoms with Gasteiger partial charge in [0, 0.05) is 17.3 Å². The average Bonchev–Trinajstić information content (AvgIpc) is 3.25. The predicted molar refractivity (Wildman–Crippen MR) is 112 cm³/mol. The second-order valence-electron chi connectivity index (χ2n) is 6.78. The number of thioether (sulfide) groups is 1. The first kappa shape index (κ1) is 17.6. The minimum atomic E-state index is -0.100. The number of nitrogens with one attached hydrogen (secondary N) is 1. The molecule has 4 aromatic rings. The second-order valence-corrected chi connectivity index (χ2v) is 8.80. The number of benzene rings is 1. The standard InChI is InChI=1S/C19H18N6OS2/c1-25-13-8-4-2-6-11(13)16-17(25)22-19(24-23-16)27-10-15(26)21-18-20-12-7-3-5-9-14(12)28-18/h2,4,6,8H,3,5,7,9-10H2,1H3,(H,20,21,26). The second kappa shape index (κ2) is 7.14. The number of hydrogen-bond donors (Lipinski definition) is 1. The summed E-state index contributed by atoms with van der Waals surface area (Å²) in [6.45, 7) is 0. The zero-order valence-electron chi connectivity index (χ0n) is 15.3. The molecule has 1 aliphatic rings. The maximum Gasteiger partial charge on any atom is 0.236 e. The Morgan fingerprint density at radius 1 is 1.21 bits per heavy atom. The van der Waals surface area contributed by atoms with Gasteiger partial charge in [-0.25, -0.2) is 9.97 Å². The molecule has 1 aliphatic carbocycles. The highest BCUT2D eigenvalue weighted by Crippen LogP contribution is 2.30. The van der Waals surface area contributed by atoms with Crippen LogP contribution in [0.3, 0.4) is 0 Å². The van der Waals surface area contributed by atoms with Gasteiger partial charge in [0.1, 0.15) is 5.52 Å². The van der Waals surface area contributed by atoms with E-state index in [1.54, 1.807) is 11.3 Å². The van der Waals surface area contributed by atoms with Crippen molar-refractivity contribution >= 4 is 56.2 Å². The Balaban J connectivity index is 1.30. The number of hydrogen-bond acceptors (Lipinski definition) is 7. The Morgan fingerprint density at radius 3 is 2.96 bits per heavy atom. The number of rotatable bonds is 4. The van der Waals surface area contributed by atoms with Crippen LogP contribution in [0, 0.1) is 0 Å². The van der Waals surface area contributed by atoms with Gasteiger partial charge >= 0.3 is 0 Å². The number of carbonyl (C=O) groups excluding carboxylic acids is 1. The Morgan fingerprint density at radius 2 is 2.07 bits per heavy atom. The minimum absolute atomic E-state index is 0.100. The van der Waals surface area contributed by atoms with E-state index < -0.39 is 0 Å². The largest absolute Gasteiger partial charge is 0.327 e. The van der Waals surface area contributed by atoms with E-state index in [1.807, 2.05) is 35.9 Å². The molecule has 1 aromatic carbocycles. The number of fused-ring (bicyclic) bond motifs is 4. The van der Waals surface area contributed by atoms with Crippen molar-refractivity contribution in [1.29, 1.82) is 0 Å². The Kier molecular flexibility index (Phi) is 4.48. The zero-order valence-corrected chi connectivity index (χ0v) is 16.9. The molecule has 0 unspecified atom stereocenters. The van der Waals surface area contributed by atoms with Crippen LogP contribution in [-0.2, 0) is 24.7 Å². The van der Waals surface area contributed by atoms with Gasteiger partial charge in [-0.3, -0.25) is 4.79 Å². The summed E-state index contributed by atoms with van der Waals surface area (Å²) < 4.78 is 2.00. The molecule has 0 saturated heterocycles. The van der Waals surface area contributed by atoms with Gasteiger partial charge in [0.2, 0.25) is 11.1 Å². The van der Waals surface area contributed by atoms with Gasteiger partial charge in [0.05, 0.1) is 17.0 Å². The van der Waals surface area contributed by atoms with E-state index in [4.69, 9.17) is 0 Å². The average molecular weight is 411 g/mol. The Hall–Kier alpha value is -2.52. The molecule has 0 spiro atoms. The van der Waals surface area contributed by atoms with Crippen molar-refractivity contribution < 1.29 is 4.79 Å². The summed E-state index contributed by atoms with van der Waals surface area (Å²) in [6, 6.07) is 8.02. The molecule has 0 saturated carbocycles. The van der Waals surface area contributed by atoms with E-state index in [9.17, 15) is 4.79 Å². The van der Waals surface area contributed by atoms with E-state index in [0.29, 0.717) is 10.3 Å². The normalized spacial score (nSPS) is 13.8. The maximum atomic E-state index is 12.3. The van der Waals surface area contributed by atoms with Crippen LogP contribution in [0.1, 0.15) is 23.4 Å². The molecule has 3 aromatic heterocycles. The number of carbonyl (C=O) groups is 1. The summed E-state index contributed by atoms with van der Waals surface area (Å²) in [5.74, 6) is 0.123. The quantitative estimate of drug-likeness (QED) is 0.518. The highest BCUT2D eigenvalue weighted by atomic mass is 32.2. The van der Waals surface area contributed by atoms with Crippen molar-refractivity contribution in [3.8, 4) is 0 Å². The van der Waals surface area contributed by atoms with Crippen LogP contribution in [0.15, 0.2) is 29.4 Å². The zero-order chi connectivity index (χ0) is 19.1. The fourth-order valence-corrected chi connectivity index (χ4v) is 5.19. The third-order valence-corrected chi connectivity index (χ3v) is 6.82. The van der Waals surface area contributed by atoms with Crippen LogP contribution in [-0.4, -0.2) is 36.4 Å². The molecule has 0 radical (unpaired) electrons. The van der Waals surface area contributed by atoms with Crippen LogP contribution >= 0.6 is 23.1 Å². The van der Waals surface area contributed by atoms with Gasteiger partial charge in [-0.05, 0) is 31.7 Å². The molecule has 5 rings (SSSR count). The van der Waals surface area contributed by atoms with Crippen LogP contribution < -0.4 is 5.32 Å². The summed E-state index contributed by atoms with van der Waals surface area (Å²) >= 11 is 2.88. The van der Waals surface area contributed by atoms with E-state index in [0.717, 1.165) is 40.6 Å². The molecule has 142 valence electrons. The first-order valence-corrected chi connectivity index (χ1v) is 11.0. The van der Waals surface area contributed by atoms with E-state index >= 15 is 0 Å². The molecule has 1 N–H and O–H groups in total. The lowest BCUT2D eigenvalue weighted by Crippen LogP contribution is -2.14. The first-order chi connectivity index (χ1) is 13.7. The molecule has 1 amide bonds. The van der Waals surface area contributed by atoms with Crippen LogP contribution in [0.5, 0.6) is 0 Å². The molecule has 0 aliphatic heterocycles. The van der Waals surface area contributed by atoms with Crippen LogP contribution in [0.2, 0.25) is 0 Å². The van der Waals surface area contributed by atoms with Gasteiger partial charge in [-0.15, -0.1) is 21.5 Å². The SMILES string of the molecule is Cn1c2ccccc2c2nnc(SCC(=O)Nc3nc4c(s3)CCCC4)nc21. The number of amides is 1. The Bertz CT molecular complexity index is 1170. The van der Waals surface area contributed by atoms with E-state index in [-0.39, 0.29) is 11.7 Å². The molecule has 0 bridgehead atoms. The van der Waals surface area contributed by atoms with Crippen molar-refractivity contribution in [3.63, 3.8) is 0 Å². The van der Waals surface area contributed by atoms with Crippen molar-refractivity contribution in [1.82, 2.24) is 24.7 Å². The number of para-hydroxylation sites is 1. The number of nitrogens with zero attached hydrogens (tertiary/aromatic N) is 5. The summed E-state index contributed by atoms with van der Waals surface area (Å²) in [5, 5.41) is 13.7. The summed E-state index contributed by atoms with van der Waals surface area (Å²) in [4.78, 5) is 22.8. The third-order valence-electron chi connectivity index (χ3n) is 4.91. The Labute approximate surface area is 169 Å². The molecule has 0 fully saturated rings. The molecular weight excluding hydrogens is 392 g/mol. The van der Waals surface area contributed by atoms with E-state index in [1.165, 1.54) is 29.5 Å². The fraction of sp³-hybridized carbons (Fsp3) is 0.316. The number of thiazole rings is 1. The summed E-state index contributed by atoms with van der Waals surface area (Å²) in [5.41, 5.74) is 3.76. The summed E-state index contributed by atoms with van der Waals surface area (Å²) in [7, 11) is 1.96. The van der Waals surface area contributed by atoms with Crippen LogP contribution in [0.4, 0.5) is 5.13 Å². The minimum Gasteiger partial charge on any atom is -0.327 e. The van der Waals surface area contributed by atoms with Crippen molar-refractivity contribution in [2.24, 2.45) is 7.05 Å². The van der Waals surface area contributed by atoms with Crippen molar-refractivity contribution in [3.05, 3.63) is 34.8 Å².